The molecule has 3 nitrogen and oxygen atoms in total. The Morgan fingerprint density at radius 2 is 1.75 bits per heavy atom. The zero-order valence-corrected chi connectivity index (χ0v) is 13.8. The van der Waals surface area contributed by atoms with Crippen molar-refractivity contribution in [3.8, 4) is 0 Å². The van der Waals surface area contributed by atoms with E-state index in [2.05, 4.69) is 31.3 Å². The zero-order valence-electron chi connectivity index (χ0n) is 13.0. The van der Waals surface area contributed by atoms with Crippen LogP contribution in [0.15, 0.2) is 30.3 Å². The molecule has 0 fully saturated rings. The van der Waals surface area contributed by atoms with Crippen LogP contribution in [0.25, 0.3) is 0 Å². The Morgan fingerprint density at radius 3 is 2.20 bits per heavy atom. The number of hydrogen-bond acceptors (Lipinski definition) is 2. The molecule has 0 unspecified atom stereocenters. The number of benzene rings is 1. The molecule has 0 radical (unpaired) electrons. The van der Waals surface area contributed by atoms with Crippen molar-refractivity contribution in [2.24, 2.45) is 0 Å². The smallest absolute Gasteiger partial charge is 0.232 e. The van der Waals surface area contributed by atoms with E-state index in [-0.39, 0.29) is 23.7 Å². The molecule has 20 heavy (non-hydrogen) atoms. The number of carbonyl (C=O) groups excluding carboxylic acids is 1. The summed E-state index contributed by atoms with van der Waals surface area (Å²) in [4.78, 5) is 14.7. The van der Waals surface area contributed by atoms with Crippen LogP contribution in [0.4, 0.5) is 0 Å². The summed E-state index contributed by atoms with van der Waals surface area (Å²) in [6, 6.07) is 10.1. The molecule has 0 aliphatic heterocycles. The lowest BCUT2D eigenvalue weighted by Crippen LogP contribution is -2.46. The lowest BCUT2D eigenvalue weighted by Gasteiger charge is -2.35. The predicted molar refractivity (Wildman–Crippen MR) is 87.5 cm³/mol. The van der Waals surface area contributed by atoms with Crippen LogP contribution < -0.4 is 5.32 Å². The van der Waals surface area contributed by atoms with Crippen molar-refractivity contribution in [3.05, 3.63) is 35.9 Å². The average Bonchev–Trinajstić information content (AvgIpc) is 2.47. The summed E-state index contributed by atoms with van der Waals surface area (Å²) in [5.41, 5.74) is 0.741. The Morgan fingerprint density at radius 1 is 1.20 bits per heavy atom. The van der Waals surface area contributed by atoms with Crippen molar-refractivity contribution in [1.29, 1.82) is 0 Å². The summed E-state index contributed by atoms with van der Waals surface area (Å²) in [5.74, 6) is 0.221. The molecule has 0 spiro atoms. The average molecular weight is 299 g/mol. The Hall–Kier alpha value is -1.06. The maximum absolute atomic E-state index is 12.8. The highest BCUT2D eigenvalue weighted by atomic mass is 35.5. The van der Waals surface area contributed by atoms with Gasteiger partial charge in [0.1, 0.15) is 0 Å². The van der Waals surface area contributed by atoms with Gasteiger partial charge >= 0.3 is 0 Å². The Bertz CT molecular complexity index is 391. The molecule has 1 amide bonds. The molecule has 1 aromatic carbocycles. The van der Waals surface area contributed by atoms with Crippen LogP contribution in [-0.4, -0.2) is 38.0 Å². The lowest BCUT2D eigenvalue weighted by atomic mass is 9.74. The second kappa shape index (κ2) is 8.98. The molecule has 0 aliphatic carbocycles. The second-order valence-corrected chi connectivity index (χ2v) is 4.99. The number of rotatable bonds is 7. The molecule has 0 saturated heterocycles. The summed E-state index contributed by atoms with van der Waals surface area (Å²) in [5, 5.41) is 3.09. The first-order valence-corrected chi connectivity index (χ1v) is 7.08. The second-order valence-electron chi connectivity index (χ2n) is 4.99. The zero-order chi connectivity index (χ0) is 14.3. The largest absolute Gasteiger partial charge is 0.344 e. The van der Waals surface area contributed by atoms with Gasteiger partial charge in [0.05, 0.1) is 5.41 Å². The van der Waals surface area contributed by atoms with E-state index >= 15 is 0 Å². The van der Waals surface area contributed by atoms with Crippen LogP contribution in [0.1, 0.15) is 32.3 Å². The van der Waals surface area contributed by atoms with Gasteiger partial charge in [0.25, 0.3) is 0 Å². The molecule has 0 saturated carbocycles. The van der Waals surface area contributed by atoms with Crippen LogP contribution in [0.3, 0.4) is 0 Å². The molecule has 0 bridgehead atoms. The molecule has 0 atom stereocenters. The first kappa shape index (κ1) is 18.9. The fraction of sp³-hybridized carbons (Fsp3) is 0.562. The van der Waals surface area contributed by atoms with Crippen molar-refractivity contribution >= 4 is 18.3 Å². The third-order valence-corrected chi connectivity index (χ3v) is 3.99. The van der Waals surface area contributed by atoms with Crippen molar-refractivity contribution < 1.29 is 4.79 Å². The molecule has 1 aromatic rings. The lowest BCUT2D eigenvalue weighted by molar-refractivity contribution is -0.136. The fourth-order valence-electron chi connectivity index (χ4n) is 2.59. The maximum Gasteiger partial charge on any atom is 0.232 e. The molecule has 1 N–H and O–H groups in total. The summed E-state index contributed by atoms with van der Waals surface area (Å²) in [7, 11) is 3.80. The highest BCUT2D eigenvalue weighted by Gasteiger charge is 2.38. The standard InChI is InChI=1S/C16H26N2O.ClH/c1-5-16(6-2,14-10-8-7-9-11-14)15(19)18(4)13-12-17-3;/h7-11,17H,5-6,12-13H2,1-4H3;1H. The van der Waals surface area contributed by atoms with Crippen molar-refractivity contribution in [1.82, 2.24) is 10.2 Å². The third-order valence-electron chi connectivity index (χ3n) is 3.99. The van der Waals surface area contributed by atoms with Gasteiger partial charge in [0, 0.05) is 20.1 Å². The van der Waals surface area contributed by atoms with Crippen molar-refractivity contribution in [3.63, 3.8) is 0 Å². The number of carbonyl (C=O) groups is 1. The Balaban J connectivity index is 0.00000361. The number of nitrogens with zero attached hydrogens (tertiary/aromatic N) is 1. The normalized spacial score (nSPS) is 10.8. The Kier molecular flexibility index (Phi) is 8.51. The summed E-state index contributed by atoms with van der Waals surface area (Å²) < 4.78 is 0. The highest BCUT2D eigenvalue weighted by Crippen LogP contribution is 2.33. The predicted octanol–water partition coefficient (Wildman–Crippen LogP) is 2.84. The number of amides is 1. The summed E-state index contributed by atoms with van der Waals surface area (Å²) in [6.45, 7) is 5.76. The van der Waals surface area contributed by atoms with Crippen molar-refractivity contribution in [2.75, 3.05) is 27.2 Å². The van der Waals surface area contributed by atoms with Gasteiger partial charge in [-0.05, 0) is 25.5 Å². The molecule has 114 valence electrons. The summed E-state index contributed by atoms with van der Waals surface area (Å²) >= 11 is 0. The summed E-state index contributed by atoms with van der Waals surface area (Å²) in [6.07, 6.45) is 1.66. The van der Waals surface area contributed by atoms with Crippen LogP contribution in [0.2, 0.25) is 0 Å². The molecular weight excluding hydrogens is 272 g/mol. The minimum atomic E-state index is -0.385. The van der Waals surface area contributed by atoms with E-state index in [1.165, 1.54) is 0 Å². The quantitative estimate of drug-likeness (QED) is 0.839. The minimum absolute atomic E-state index is 0. The number of nitrogens with one attached hydrogen (secondary N) is 1. The minimum Gasteiger partial charge on any atom is -0.344 e. The van der Waals surface area contributed by atoms with E-state index in [4.69, 9.17) is 0 Å². The fourth-order valence-corrected chi connectivity index (χ4v) is 2.59. The van der Waals surface area contributed by atoms with Gasteiger partial charge in [0.15, 0.2) is 0 Å². The number of halogens is 1. The molecule has 1 rings (SSSR count). The van der Waals surface area contributed by atoms with E-state index < -0.39 is 0 Å². The molecule has 0 aliphatic rings. The SMILES string of the molecule is CCC(CC)(C(=O)N(C)CCNC)c1ccccc1.Cl. The maximum atomic E-state index is 12.8. The molecule has 4 heteroatoms. The van der Waals surface area contributed by atoms with Gasteiger partial charge in [-0.2, -0.15) is 0 Å². The van der Waals surface area contributed by atoms with E-state index in [1.807, 2.05) is 37.2 Å². The van der Waals surface area contributed by atoms with E-state index in [9.17, 15) is 4.79 Å². The molecule has 0 heterocycles. The third kappa shape index (κ3) is 3.97. The van der Waals surface area contributed by atoms with E-state index in [1.54, 1.807) is 0 Å². The van der Waals surface area contributed by atoms with Crippen molar-refractivity contribution in [2.45, 2.75) is 32.1 Å². The topological polar surface area (TPSA) is 32.3 Å². The van der Waals surface area contributed by atoms with Gasteiger partial charge in [-0.15, -0.1) is 12.4 Å². The number of likely N-dealkylation sites (N-methyl/N-ethyl adjacent to an activating group) is 2. The van der Waals surface area contributed by atoms with Crippen LogP contribution >= 0.6 is 12.4 Å². The first-order valence-electron chi connectivity index (χ1n) is 7.08. The number of hydrogen-bond donors (Lipinski definition) is 1. The van der Waals surface area contributed by atoms with Gasteiger partial charge in [-0.1, -0.05) is 44.2 Å². The van der Waals surface area contributed by atoms with Crippen LogP contribution in [-0.2, 0) is 10.2 Å². The first-order chi connectivity index (χ1) is 9.12. The Labute approximate surface area is 129 Å². The highest BCUT2D eigenvalue weighted by molar-refractivity contribution is 5.88. The van der Waals surface area contributed by atoms with Crippen LogP contribution in [0.5, 0.6) is 0 Å². The molecule has 0 aromatic heterocycles. The van der Waals surface area contributed by atoms with Gasteiger partial charge in [0.2, 0.25) is 5.91 Å². The monoisotopic (exact) mass is 298 g/mol. The molecular formula is C16H27ClN2O. The van der Waals surface area contributed by atoms with E-state index in [0.29, 0.717) is 0 Å². The van der Waals surface area contributed by atoms with E-state index in [0.717, 1.165) is 31.5 Å². The van der Waals surface area contributed by atoms with Gasteiger partial charge < -0.3 is 10.2 Å². The van der Waals surface area contributed by atoms with Gasteiger partial charge in [-0.25, -0.2) is 0 Å². The van der Waals surface area contributed by atoms with Crippen LogP contribution in [0, 0.1) is 0 Å². The van der Waals surface area contributed by atoms with Gasteiger partial charge in [-0.3, -0.25) is 4.79 Å².